The summed E-state index contributed by atoms with van der Waals surface area (Å²) in [6, 6.07) is 1.96. The molecule has 2 rings (SSSR count). The Hall–Kier alpha value is -1.66. The quantitative estimate of drug-likeness (QED) is 0.787. The number of hydrogen-bond acceptors (Lipinski definition) is 5. The van der Waals surface area contributed by atoms with Gasteiger partial charge in [0, 0.05) is 31.4 Å². The van der Waals surface area contributed by atoms with Gasteiger partial charge >= 0.3 is 0 Å². The van der Waals surface area contributed by atoms with Gasteiger partial charge in [-0.25, -0.2) is 0 Å². The van der Waals surface area contributed by atoms with E-state index in [4.69, 9.17) is 10.2 Å². The van der Waals surface area contributed by atoms with E-state index in [9.17, 15) is 0 Å². The summed E-state index contributed by atoms with van der Waals surface area (Å²) in [5, 5.41) is 8.09. The van der Waals surface area contributed by atoms with Crippen LogP contribution in [0, 0.1) is 0 Å². The summed E-state index contributed by atoms with van der Waals surface area (Å²) in [4.78, 5) is 2.15. The predicted octanol–water partition coefficient (Wildman–Crippen LogP) is 0.462. The van der Waals surface area contributed by atoms with Gasteiger partial charge in [-0.15, -0.1) is 5.10 Å². The van der Waals surface area contributed by atoms with Gasteiger partial charge in [0.1, 0.15) is 0 Å². The molecule has 2 aromatic heterocycles. The lowest BCUT2D eigenvalue weighted by Gasteiger charge is -2.12. The molecule has 6 heteroatoms. The van der Waals surface area contributed by atoms with Crippen LogP contribution in [0.5, 0.6) is 0 Å². The highest BCUT2D eigenvalue weighted by atomic mass is 16.3. The molecule has 0 spiro atoms. The molecule has 0 bridgehead atoms. The molecule has 0 aromatic carbocycles. The molecule has 6 nitrogen and oxygen atoms in total. The van der Waals surface area contributed by atoms with Crippen LogP contribution in [0.25, 0.3) is 0 Å². The second-order valence-corrected chi connectivity index (χ2v) is 4.07. The number of furan rings is 1. The van der Waals surface area contributed by atoms with Gasteiger partial charge < -0.3 is 10.2 Å². The van der Waals surface area contributed by atoms with Gasteiger partial charge in [-0.3, -0.25) is 9.58 Å². The Morgan fingerprint density at radius 3 is 3.06 bits per heavy atom. The smallest absolute Gasteiger partial charge is 0.0967 e. The minimum absolute atomic E-state index is 0.577. The van der Waals surface area contributed by atoms with Crippen molar-refractivity contribution in [1.29, 1.82) is 0 Å². The number of rotatable bonds is 6. The molecule has 92 valence electrons. The second-order valence-electron chi connectivity index (χ2n) is 4.07. The van der Waals surface area contributed by atoms with E-state index in [0.717, 1.165) is 24.3 Å². The predicted molar refractivity (Wildman–Crippen MR) is 63.0 cm³/mol. The highest BCUT2D eigenvalue weighted by Crippen LogP contribution is 2.06. The van der Waals surface area contributed by atoms with Crippen molar-refractivity contribution in [1.82, 2.24) is 19.9 Å². The zero-order chi connectivity index (χ0) is 12.1. The molecule has 2 N–H and O–H groups in total. The van der Waals surface area contributed by atoms with Gasteiger partial charge in [-0.2, -0.15) is 0 Å². The van der Waals surface area contributed by atoms with Crippen molar-refractivity contribution in [2.45, 2.75) is 19.6 Å². The number of aromatic nitrogens is 3. The maximum absolute atomic E-state index is 5.45. The van der Waals surface area contributed by atoms with E-state index >= 15 is 0 Å². The van der Waals surface area contributed by atoms with Crippen LogP contribution in [0.1, 0.15) is 11.3 Å². The van der Waals surface area contributed by atoms with Gasteiger partial charge in [0.25, 0.3) is 0 Å². The van der Waals surface area contributed by atoms with Crippen molar-refractivity contribution in [3.8, 4) is 0 Å². The fourth-order valence-corrected chi connectivity index (χ4v) is 1.68. The number of nitrogens with zero attached hydrogens (tertiary/aromatic N) is 4. The lowest BCUT2D eigenvalue weighted by Crippen LogP contribution is -2.17. The molecule has 0 radical (unpaired) electrons. The molecule has 0 aliphatic carbocycles. The van der Waals surface area contributed by atoms with E-state index in [1.807, 2.05) is 19.3 Å². The lowest BCUT2D eigenvalue weighted by molar-refractivity contribution is 0.313. The van der Waals surface area contributed by atoms with E-state index in [-0.39, 0.29) is 0 Å². The summed E-state index contributed by atoms with van der Waals surface area (Å²) in [5.74, 6) is 0. The summed E-state index contributed by atoms with van der Waals surface area (Å²) in [7, 11) is 2.04. The highest BCUT2D eigenvalue weighted by Gasteiger charge is 2.06. The maximum Gasteiger partial charge on any atom is 0.0967 e. The monoisotopic (exact) mass is 235 g/mol. The Balaban J connectivity index is 1.86. The number of hydrogen-bond donors (Lipinski definition) is 1. The largest absolute Gasteiger partial charge is 0.472 e. The highest BCUT2D eigenvalue weighted by molar-refractivity contribution is 5.05. The third-order valence-electron chi connectivity index (χ3n) is 2.41. The molecule has 0 fully saturated rings. The average Bonchev–Trinajstić information content (AvgIpc) is 2.91. The Bertz CT molecular complexity index is 436. The normalized spacial score (nSPS) is 11.2. The second kappa shape index (κ2) is 5.60. The molecular weight excluding hydrogens is 218 g/mol. The van der Waals surface area contributed by atoms with Gasteiger partial charge in [0.2, 0.25) is 0 Å². The van der Waals surface area contributed by atoms with Crippen molar-refractivity contribution in [2.75, 3.05) is 13.6 Å². The average molecular weight is 235 g/mol. The first-order valence-electron chi connectivity index (χ1n) is 5.56. The first-order valence-corrected chi connectivity index (χ1v) is 5.56. The fourth-order valence-electron chi connectivity index (χ4n) is 1.68. The van der Waals surface area contributed by atoms with Crippen LogP contribution < -0.4 is 5.73 Å². The van der Waals surface area contributed by atoms with Crippen LogP contribution >= 0.6 is 0 Å². The molecule has 0 aliphatic heterocycles. The van der Waals surface area contributed by atoms with Crippen LogP contribution in [0.15, 0.2) is 29.2 Å². The molecule has 0 amide bonds. The molecule has 2 heterocycles. The van der Waals surface area contributed by atoms with Crippen molar-refractivity contribution in [3.63, 3.8) is 0 Å². The van der Waals surface area contributed by atoms with Crippen molar-refractivity contribution < 1.29 is 4.42 Å². The van der Waals surface area contributed by atoms with Crippen LogP contribution in [-0.4, -0.2) is 33.5 Å². The maximum atomic E-state index is 5.45. The zero-order valence-corrected chi connectivity index (χ0v) is 9.91. The van der Waals surface area contributed by atoms with Gasteiger partial charge in [-0.1, -0.05) is 5.21 Å². The summed E-state index contributed by atoms with van der Waals surface area (Å²) in [5.41, 5.74) is 7.55. The Kier molecular flexibility index (Phi) is 3.89. The standard InChI is InChI=1S/C11H17N5O/c1-15(6-10-2-5-17-9-10)7-11-8-16(4-3-12)14-13-11/h2,5,8-9H,3-4,6-7,12H2,1H3. The third-order valence-corrected chi connectivity index (χ3v) is 2.41. The van der Waals surface area contributed by atoms with Crippen molar-refractivity contribution >= 4 is 0 Å². The fraction of sp³-hybridized carbons (Fsp3) is 0.455. The van der Waals surface area contributed by atoms with E-state index in [2.05, 4.69) is 15.2 Å². The van der Waals surface area contributed by atoms with Crippen LogP contribution in [-0.2, 0) is 19.6 Å². The van der Waals surface area contributed by atoms with E-state index < -0.39 is 0 Å². The summed E-state index contributed by atoms with van der Waals surface area (Å²) >= 11 is 0. The van der Waals surface area contributed by atoms with Gasteiger partial charge in [0.05, 0.1) is 24.8 Å². The molecule has 2 aromatic rings. The van der Waals surface area contributed by atoms with Gasteiger partial charge in [-0.05, 0) is 13.1 Å². The van der Waals surface area contributed by atoms with Crippen molar-refractivity contribution in [2.24, 2.45) is 5.73 Å². The van der Waals surface area contributed by atoms with E-state index in [1.54, 1.807) is 17.2 Å². The molecule has 0 saturated heterocycles. The first-order chi connectivity index (χ1) is 8.28. The number of nitrogens with two attached hydrogens (primary N) is 1. The molecule has 0 unspecified atom stereocenters. The Morgan fingerprint density at radius 2 is 2.35 bits per heavy atom. The molecule has 0 saturated carbocycles. The van der Waals surface area contributed by atoms with Crippen LogP contribution in [0.4, 0.5) is 0 Å². The molecule has 0 aliphatic rings. The third kappa shape index (κ3) is 3.40. The van der Waals surface area contributed by atoms with Crippen LogP contribution in [0.3, 0.4) is 0 Å². The molecular formula is C11H17N5O. The Morgan fingerprint density at radius 1 is 1.47 bits per heavy atom. The minimum Gasteiger partial charge on any atom is -0.472 e. The van der Waals surface area contributed by atoms with Gasteiger partial charge in [0.15, 0.2) is 0 Å². The first kappa shape index (κ1) is 11.8. The Labute approximate surface area is 100 Å². The van der Waals surface area contributed by atoms with Crippen LogP contribution in [0.2, 0.25) is 0 Å². The zero-order valence-electron chi connectivity index (χ0n) is 9.91. The molecule has 17 heavy (non-hydrogen) atoms. The summed E-state index contributed by atoms with van der Waals surface area (Å²) in [6.07, 6.45) is 5.36. The molecule has 0 atom stereocenters. The van der Waals surface area contributed by atoms with Crippen molar-refractivity contribution in [3.05, 3.63) is 36.0 Å². The topological polar surface area (TPSA) is 73.1 Å². The lowest BCUT2D eigenvalue weighted by atomic mass is 10.3. The van der Waals surface area contributed by atoms with E-state index in [0.29, 0.717) is 13.1 Å². The summed E-state index contributed by atoms with van der Waals surface area (Å²) < 4.78 is 6.79. The SMILES string of the molecule is CN(Cc1ccoc1)Cc1cn(CCN)nn1. The summed E-state index contributed by atoms with van der Waals surface area (Å²) in [6.45, 7) is 2.88. The van der Waals surface area contributed by atoms with E-state index in [1.165, 1.54) is 0 Å². The minimum atomic E-state index is 0.577.